The summed E-state index contributed by atoms with van der Waals surface area (Å²) < 4.78 is 19.3. The number of thioether (sulfide) groups is 1. The van der Waals surface area contributed by atoms with Crippen molar-refractivity contribution in [2.45, 2.75) is 43.3 Å². The molecule has 1 aliphatic rings. The first-order chi connectivity index (χ1) is 20.2. The lowest BCUT2D eigenvalue weighted by Crippen LogP contribution is -2.31. The van der Waals surface area contributed by atoms with Crippen molar-refractivity contribution in [1.29, 1.82) is 0 Å². The molecule has 0 unspecified atom stereocenters. The van der Waals surface area contributed by atoms with E-state index in [2.05, 4.69) is 0 Å². The maximum absolute atomic E-state index is 9.48. The van der Waals surface area contributed by atoms with Crippen LogP contribution in [0.1, 0.15) is 41.1 Å². The maximum Gasteiger partial charge on any atom is 0.256 e. The molecule has 3 N–H and O–H groups in total. The Kier molecular flexibility index (Phi) is 8.60. The van der Waals surface area contributed by atoms with Crippen molar-refractivity contribution in [2.24, 2.45) is 5.73 Å². The highest BCUT2D eigenvalue weighted by molar-refractivity contribution is 7.99. The maximum atomic E-state index is 9.48. The van der Waals surface area contributed by atoms with Crippen molar-refractivity contribution >= 4 is 11.8 Å². The smallest absolute Gasteiger partial charge is 0.256 e. The molecular formula is C34H32N2O4S. The fraction of sp³-hybridized carbons (Fsp3) is 0.206. The lowest BCUT2D eigenvalue weighted by molar-refractivity contribution is -0.245. The van der Waals surface area contributed by atoms with E-state index in [0.29, 0.717) is 23.9 Å². The second-order valence-electron chi connectivity index (χ2n) is 10.00. The number of aliphatic hydroxyl groups excluding tert-OH is 1. The predicted octanol–water partition coefficient (Wildman–Crippen LogP) is 7.30. The van der Waals surface area contributed by atoms with Gasteiger partial charge in [-0.1, -0.05) is 121 Å². The van der Waals surface area contributed by atoms with Crippen molar-refractivity contribution < 1.29 is 19.0 Å². The minimum Gasteiger partial charge on any atom is -0.431 e. The minimum atomic E-state index is -0.520. The lowest BCUT2D eigenvalue weighted by atomic mass is 10.0. The molecule has 0 bridgehead atoms. The molecule has 0 spiro atoms. The van der Waals surface area contributed by atoms with Crippen molar-refractivity contribution in [1.82, 2.24) is 4.98 Å². The minimum absolute atomic E-state index is 0.0103. The lowest BCUT2D eigenvalue weighted by Gasteiger charge is -2.36. The largest absolute Gasteiger partial charge is 0.431 e. The molecule has 0 saturated carbocycles. The molecule has 1 aliphatic heterocycles. The standard InChI is InChI=1S/C34H32N2O4S/c35-20-23-11-17-28(18-12-23)33-38-29(19-30(39-33)25-15-13-24(21-37)14-16-25)22-41-34-36-31(26-7-3-1-4-8-26)32(40-34)27-9-5-2-6-10-27/h1-18,29-30,33,37H,19-22,35H2/t29-,30+,33+/m0/s1. The quantitative estimate of drug-likeness (QED) is 0.182. The molecule has 208 valence electrons. The zero-order chi connectivity index (χ0) is 28.0. The van der Waals surface area contributed by atoms with Crippen molar-refractivity contribution in [2.75, 3.05) is 5.75 Å². The van der Waals surface area contributed by atoms with Gasteiger partial charge in [-0.15, -0.1) is 0 Å². The van der Waals surface area contributed by atoms with Crippen LogP contribution in [0, 0.1) is 0 Å². The summed E-state index contributed by atoms with van der Waals surface area (Å²) in [6.07, 6.45) is -0.109. The van der Waals surface area contributed by atoms with Crippen LogP contribution in [0.15, 0.2) is 119 Å². The van der Waals surface area contributed by atoms with E-state index >= 15 is 0 Å². The highest BCUT2D eigenvalue weighted by atomic mass is 32.2. The number of aliphatic hydroxyl groups is 1. The van der Waals surface area contributed by atoms with Gasteiger partial charge in [0.05, 0.1) is 18.8 Å². The summed E-state index contributed by atoms with van der Waals surface area (Å²) in [4.78, 5) is 4.91. The second-order valence-corrected chi connectivity index (χ2v) is 11.0. The van der Waals surface area contributed by atoms with Crippen molar-refractivity contribution in [3.8, 4) is 22.6 Å². The monoisotopic (exact) mass is 564 g/mol. The van der Waals surface area contributed by atoms with E-state index in [0.717, 1.165) is 44.8 Å². The summed E-state index contributed by atoms with van der Waals surface area (Å²) in [5.74, 6) is 1.40. The normalized spacial score (nSPS) is 18.8. The first-order valence-corrected chi connectivity index (χ1v) is 14.7. The van der Waals surface area contributed by atoms with Crippen LogP contribution in [0.2, 0.25) is 0 Å². The molecule has 6 rings (SSSR count). The molecule has 1 saturated heterocycles. The van der Waals surface area contributed by atoms with Gasteiger partial charge < -0.3 is 24.7 Å². The third kappa shape index (κ3) is 6.45. The van der Waals surface area contributed by atoms with E-state index in [1.807, 2.05) is 109 Å². The van der Waals surface area contributed by atoms with Gasteiger partial charge in [-0.25, -0.2) is 4.98 Å². The summed E-state index contributed by atoms with van der Waals surface area (Å²) >= 11 is 1.55. The number of aromatic nitrogens is 1. The number of hydrogen-bond acceptors (Lipinski definition) is 7. The fourth-order valence-electron chi connectivity index (χ4n) is 4.94. The van der Waals surface area contributed by atoms with Crippen molar-refractivity contribution in [3.63, 3.8) is 0 Å². The molecule has 0 aliphatic carbocycles. The molecule has 6 nitrogen and oxygen atoms in total. The zero-order valence-electron chi connectivity index (χ0n) is 22.6. The summed E-state index contributed by atoms with van der Waals surface area (Å²) in [6, 6.07) is 36.1. The summed E-state index contributed by atoms with van der Waals surface area (Å²) in [5, 5.41) is 10.1. The number of rotatable bonds is 9. The Bertz CT molecular complexity index is 1430. The summed E-state index contributed by atoms with van der Waals surface area (Å²) in [7, 11) is 0. The summed E-state index contributed by atoms with van der Waals surface area (Å²) in [5.41, 5.74) is 12.6. The van der Waals surface area contributed by atoms with Gasteiger partial charge in [0.15, 0.2) is 12.1 Å². The number of benzene rings is 4. The molecular weight excluding hydrogens is 532 g/mol. The Labute approximate surface area is 244 Å². The number of nitrogens with zero attached hydrogens (tertiary/aromatic N) is 1. The SMILES string of the molecule is NCc1ccc([C@@H]2O[C@H](CSc3nc(-c4ccccc4)c(-c4ccccc4)o3)C[C@H](c3ccc(CO)cc3)O2)cc1. The first-order valence-electron chi connectivity index (χ1n) is 13.7. The van der Waals surface area contributed by atoms with E-state index in [1.165, 1.54) is 0 Å². The van der Waals surface area contributed by atoms with Gasteiger partial charge in [0.25, 0.3) is 5.22 Å². The Balaban J connectivity index is 1.25. The molecule has 1 fully saturated rings. The average molecular weight is 565 g/mol. The van der Waals surface area contributed by atoms with Crippen LogP contribution in [-0.4, -0.2) is 21.9 Å². The third-order valence-electron chi connectivity index (χ3n) is 7.19. The van der Waals surface area contributed by atoms with Gasteiger partial charge in [0.2, 0.25) is 0 Å². The van der Waals surface area contributed by atoms with E-state index in [9.17, 15) is 5.11 Å². The zero-order valence-corrected chi connectivity index (χ0v) is 23.4. The topological polar surface area (TPSA) is 90.7 Å². The first kappa shape index (κ1) is 27.4. The molecule has 5 aromatic rings. The molecule has 2 heterocycles. The second kappa shape index (κ2) is 12.9. The number of oxazole rings is 1. The van der Waals surface area contributed by atoms with E-state index < -0.39 is 6.29 Å². The third-order valence-corrected chi connectivity index (χ3v) is 8.15. The highest BCUT2D eigenvalue weighted by Crippen LogP contribution is 2.41. The Morgan fingerprint density at radius 2 is 1.39 bits per heavy atom. The van der Waals surface area contributed by atoms with E-state index in [4.69, 9.17) is 24.6 Å². The van der Waals surface area contributed by atoms with Gasteiger partial charge in [-0.05, 0) is 16.7 Å². The van der Waals surface area contributed by atoms with Crippen LogP contribution in [0.25, 0.3) is 22.6 Å². The molecule has 1 aromatic heterocycles. The average Bonchev–Trinajstić information content (AvgIpc) is 3.49. The van der Waals surface area contributed by atoms with Crippen LogP contribution in [0.3, 0.4) is 0 Å². The van der Waals surface area contributed by atoms with Gasteiger partial charge in [0, 0.05) is 35.4 Å². The Morgan fingerprint density at radius 1 is 0.756 bits per heavy atom. The highest BCUT2D eigenvalue weighted by Gasteiger charge is 2.32. The molecule has 0 amide bonds. The van der Waals surface area contributed by atoms with Crippen LogP contribution in [-0.2, 0) is 22.6 Å². The molecule has 3 atom stereocenters. The van der Waals surface area contributed by atoms with E-state index in [-0.39, 0.29) is 18.8 Å². The van der Waals surface area contributed by atoms with Gasteiger partial charge in [0.1, 0.15) is 5.69 Å². The van der Waals surface area contributed by atoms with Crippen LogP contribution in [0.5, 0.6) is 0 Å². The summed E-state index contributed by atoms with van der Waals surface area (Å²) in [6.45, 7) is 0.494. The van der Waals surface area contributed by atoms with Crippen LogP contribution in [0.4, 0.5) is 0 Å². The predicted molar refractivity (Wildman–Crippen MR) is 161 cm³/mol. The number of nitrogens with two attached hydrogens (primary N) is 1. The number of ether oxygens (including phenoxy) is 2. The molecule has 7 heteroatoms. The van der Waals surface area contributed by atoms with Crippen LogP contribution >= 0.6 is 11.8 Å². The van der Waals surface area contributed by atoms with Gasteiger partial charge in [-0.2, -0.15) is 0 Å². The van der Waals surface area contributed by atoms with Crippen LogP contribution < -0.4 is 5.73 Å². The Morgan fingerprint density at radius 3 is 2.05 bits per heavy atom. The van der Waals surface area contributed by atoms with Gasteiger partial charge in [-0.3, -0.25) is 0 Å². The van der Waals surface area contributed by atoms with E-state index in [1.54, 1.807) is 11.8 Å². The molecule has 4 aromatic carbocycles. The molecule has 0 radical (unpaired) electrons. The van der Waals surface area contributed by atoms with Gasteiger partial charge >= 0.3 is 0 Å². The number of hydrogen-bond donors (Lipinski definition) is 2. The Hall–Kier alpha value is -3.72. The fourth-order valence-corrected chi connectivity index (χ4v) is 5.78. The van der Waals surface area contributed by atoms with Crippen molar-refractivity contribution in [3.05, 3.63) is 131 Å². The molecule has 41 heavy (non-hydrogen) atoms.